The highest BCUT2D eigenvalue weighted by Crippen LogP contribution is 2.33. The zero-order chi connectivity index (χ0) is 23.8. The zero-order valence-electron chi connectivity index (χ0n) is 16.7. The number of alkyl halides is 3. The van der Waals surface area contributed by atoms with Crippen molar-refractivity contribution in [3.63, 3.8) is 0 Å². The molecule has 170 valence electrons. The summed E-state index contributed by atoms with van der Waals surface area (Å²) in [6, 6.07) is 9.97. The normalized spacial score (nSPS) is 11.5. The molecule has 0 spiro atoms. The number of hydrogen-bond donors (Lipinski definition) is 3. The molecule has 1 amide bonds. The maximum atomic E-state index is 12.8. The minimum absolute atomic E-state index is 0.0459. The number of fused-ring (bicyclic) bond motifs is 1. The lowest BCUT2D eigenvalue weighted by atomic mass is 10.1. The third-order valence-corrected chi connectivity index (χ3v) is 5.22. The third-order valence-electron chi connectivity index (χ3n) is 4.59. The van der Waals surface area contributed by atoms with Crippen LogP contribution in [-0.4, -0.2) is 28.0 Å². The molecule has 2 heterocycles. The van der Waals surface area contributed by atoms with Crippen LogP contribution in [0.2, 0.25) is 10.0 Å². The van der Waals surface area contributed by atoms with Gasteiger partial charge in [0.25, 0.3) is 5.91 Å². The van der Waals surface area contributed by atoms with Crippen molar-refractivity contribution < 1.29 is 22.7 Å². The zero-order valence-corrected chi connectivity index (χ0v) is 18.2. The van der Waals surface area contributed by atoms with Gasteiger partial charge >= 0.3 is 6.18 Å². The second kappa shape index (κ2) is 8.80. The molecule has 4 aromatic rings. The monoisotopic (exact) mass is 495 g/mol. The van der Waals surface area contributed by atoms with Gasteiger partial charge in [-0.25, -0.2) is 9.97 Å². The van der Waals surface area contributed by atoms with Crippen LogP contribution < -0.4 is 15.4 Å². The number of carbonyl (C=O) groups is 1. The number of H-pyrrole nitrogens is 1. The van der Waals surface area contributed by atoms with Crippen molar-refractivity contribution in [2.45, 2.75) is 6.18 Å². The molecule has 2 aromatic carbocycles. The first-order chi connectivity index (χ1) is 15.7. The molecule has 0 aliphatic heterocycles. The number of nitrogens with zero attached hydrogens (tertiary/aromatic N) is 2. The highest BCUT2D eigenvalue weighted by atomic mass is 35.5. The number of imidazole rings is 1. The van der Waals surface area contributed by atoms with Gasteiger partial charge in [-0.15, -0.1) is 0 Å². The molecule has 0 bridgehead atoms. The minimum atomic E-state index is -4.52. The van der Waals surface area contributed by atoms with Crippen LogP contribution in [0.4, 0.5) is 30.6 Å². The average Bonchev–Trinajstić information content (AvgIpc) is 3.16. The van der Waals surface area contributed by atoms with Gasteiger partial charge in [-0.3, -0.25) is 4.79 Å². The average molecular weight is 496 g/mol. The number of aromatic amines is 1. The fourth-order valence-corrected chi connectivity index (χ4v) is 3.49. The molecule has 0 atom stereocenters. The number of carbonyl (C=O) groups excluding carboxylic acids is 1. The second-order valence-corrected chi connectivity index (χ2v) is 7.58. The van der Waals surface area contributed by atoms with E-state index < -0.39 is 17.6 Å². The van der Waals surface area contributed by atoms with E-state index in [0.717, 1.165) is 12.1 Å². The number of hydrogen-bond acceptors (Lipinski definition) is 5. The molecule has 0 saturated carbocycles. The van der Waals surface area contributed by atoms with Gasteiger partial charge in [0.1, 0.15) is 11.6 Å². The van der Waals surface area contributed by atoms with E-state index in [4.69, 9.17) is 27.9 Å². The topological polar surface area (TPSA) is 91.9 Å². The van der Waals surface area contributed by atoms with Gasteiger partial charge < -0.3 is 20.4 Å². The van der Waals surface area contributed by atoms with E-state index in [2.05, 4.69) is 25.6 Å². The summed E-state index contributed by atoms with van der Waals surface area (Å²) in [5.74, 6) is -0.139. The SMILES string of the molecule is COc1cc2nc(Nc3c(Cl)cccc3Cl)[nH]c2cc1C(=O)Nc1ccc(C(F)(F)F)cn1. The number of amides is 1. The van der Waals surface area contributed by atoms with E-state index in [0.29, 0.717) is 38.9 Å². The van der Waals surface area contributed by atoms with Crippen LogP contribution in [0.15, 0.2) is 48.7 Å². The van der Waals surface area contributed by atoms with Gasteiger partial charge in [-0.1, -0.05) is 29.3 Å². The van der Waals surface area contributed by atoms with Crippen molar-refractivity contribution in [3.8, 4) is 5.75 Å². The number of halogens is 5. The second-order valence-electron chi connectivity index (χ2n) is 6.76. The van der Waals surface area contributed by atoms with Crippen LogP contribution in [0.1, 0.15) is 15.9 Å². The highest BCUT2D eigenvalue weighted by molar-refractivity contribution is 6.39. The van der Waals surface area contributed by atoms with Crippen molar-refractivity contribution >= 4 is 57.6 Å². The molecule has 0 saturated heterocycles. The van der Waals surface area contributed by atoms with Gasteiger partial charge in [-0.2, -0.15) is 13.2 Å². The molecule has 0 radical (unpaired) electrons. The molecule has 0 aliphatic rings. The van der Waals surface area contributed by atoms with E-state index in [1.54, 1.807) is 24.3 Å². The van der Waals surface area contributed by atoms with Crippen LogP contribution in [0.3, 0.4) is 0 Å². The number of benzene rings is 2. The summed E-state index contributed by atoms with van der Waals surface area (Å²) in [7, 11) is 1.38. The number of anilines is 3. The summed E-state index contributed by atoms with van der Waals surface area (Å²) in [5, 5.41) is 6.24. The predicted octanol–water partition coefficient (Wildman–Crippen LogP) is 6.29. The lowest BCUT2D eigenvalue weighted by Crippen LogP contribution is -2.15. The van der Waals surface area contributed by atoms with Crippen molar-refractivity contribution in [3.05, 3.63) is 69.8 Å². The highest BCUT2D eigenvalue weighted by Gasteiger charge is 2.30. The Labute approximate surface area is 194 Å². The Morgan fingerprint density at radius 1 is 1.12 bits per heavy atom. The molecule has 0 aliphatic carbocycles. The van der Waals surface area contributed by atoms with E-state index in [1.807, 2.05) is 0 Å². The first-order valence-electron chi connectivity index (χ1n) is 9.29. The Kier molecular flexibility index (Phi) is 6.05. The van der Waals surface area contributed by atoms with Crippen LogP contribution >= 0.6 is 23.2 Å². The van der Waals surface area contributed by atoms with Gasteiger partial charge in [0.05, 0.1) is 45.0 Å². The number of rotatable bonds is 5. The fraction of sp³-hybridized carbons (Fsp3) is 0.0952. The Morgan fingerprint density at radius 3 is 2.45 bits per heavy atom. The molecular weight excluding hydrogens is 482 g/mol. The van der Waals surface area contributed by atoms with Gasteiger partial charge in [0, 0.05) is 12.3 Å². The fourth-order valence-electron chi connectivity index (χ4n) is 3.00. The first-order valence-corrected chi connectivity index (χ1v) is 10.0. The van der Waals surface area contributed by atoms with Gasteiger partial charge in [-0.05, 0) is 30.3 Å². The third kappa shape index (κ3) is 4.81. The van der Waals surface area contributed by atoms with E-state index in [9.17, 15) is 18.0 Å². The van der Waals surface area contributed by atoms with Crippen LogP contribution in [0, 0.1) is 0 Å². The standard InChI is InChI=1S/C21H14Cl2F3N5O2/c1-33-16-8-15-14(28-20(29-15)31-18-12(22)3-2-4-13(18)23)7-11(16)19(32)30-17-6-5-10(9-27-17)21(24,25)26/h2-9H,1H3,(H,27,30,32)(H2,28,29,31). The number of nitrogens with one attached hydrogen (secondary N) is 3. The van der Waals surface area contributed by atoms with Crippen molar-refractivity contribution in [2.75, 3.05) is 17.7 Å². The largest absolute Gasteiger partial charge is 0.496 e. The first kappa shape index (κ1) is 22.7. The Morgan fingerprint density at radius 2 is 1.85 bits per heavy atom. The molecule has 0 fully saturated rings. The summed E-state index contributed by atoms with van der Waals surface area (Å²) < 4.78 is 43.4. The molecule has 3 N–H and O–H groups in total. The molecule has 7 nitrogen and oxygen atoms in total. The molecular formula is C21H14Cl2F3N5O2. The minimum Gasteiger partial charge on any atom is -0.496 e. The Hall–Kier alpha value is -3.50. The van der Waals surface area contributed by atoms with E-state index in [1.165, 1.54) is 13.2 Å². The summed E-state index contributed by atoms with van der Waals surface area (Å²) in [6.07, 6.45) is -3.88. The number of methoxy groups -OCH3 is 1. The van der Waals surface area contributed by atoms with Crippen LogP contribution in [-0.2, 0) is 6.18 Å². The van der Waals surface area contributed by atoms with E-state index in [-0.39, 0.29) is 17.1 Å². The number of ether oxygens (including phenoxy) is 1. The number of para-hydroxylation sites is 1. The van der Waals surface area contributed by atoms with Crippen molar-refractivity contribution in [2.24, 2.45) is 0 Å². The lowest BCUT2D eigenvalue weighted by Gasteiger charge is -2.10. The smallest absolute Gasteiger partial charge is 0.417 e. The summed E-state index contributed by atoms with van der Waals surface area (Å²) in [5.41, 5.74) is 0.639. The number of aromatic nitrogens is 3. The molecule has 12 heteroatoms. The molecule has 33 heavy (non-hydrogen) atoms. The van der Waals surface area contributed by atoms with E-state index >= 15 is 0 Å². The summed E-state index contributed by atoms with van der Waals surface area (Å²) in [6.45, 7) is 0. The Bertz CT molecular complexity index is 1320. The summed E-state index contributed by atoms with van der Waals surface area (Å²) >= 11 is 12.3. The van der Waals surface area contributed by atoms with Crippen LogP contribution in [0.5, 0.6) is 5.75 Å². The molecule has 2 aromatic heterocycles. The summed E-state index contributed by atoms with van der Waals surface area (Å²) in [4.78, 5) is 23.8. The maximum Gasteiger partial charge on any atom is 0.417 e. The number of pyridine rings is 1. The molecule has 0 unspecified atom stereocenters. The van der Waals surface area contributed by atoms with Gasteiger partial charge in [0.15, 0.2) is 0 Å². The maximum absolute atomic E-state index is 12.8. The van der Waals surface area contributed by atoms with Crippen molar-refractivity contribution in [1.29, 1.82) is 0 Å². The lowest BCUT2D eigenvalue weighted by molar-refractivity contribution is -0.137. The van der Waals surface area contributed by atoms with Gasteiger partial charge in [0.2, 0.25) is 5.95 Å². The quantitative estimate of drug-likeness (QED) is 0.302. The predicted molar refractivity (Wildman–Crippen MR) is 120 cm³/mol. The van der Waals surface area contributed by atoms with Crippen LogP contribution in [0.25, 0.3) is 11.0 Å². The Balaban J connectivity index is 1.61. The van der Waals surface area contributed by atoms with Crippen molar-refractivity contribution in [1.82, 2.24) is 15.0 Å². The molecule has 4 rings (SSSR count).